The van der Waals surface area contributed by atoms with E-state index in [-0.39, 0.29) is 11.9 Å². The molecule has 1 aromatic carbocycles. The predicted octanol–water partition coefficient (Wildman–Crippen LogP) is 3.29. The minimum absolute atomic E-state index is 0.0596. The molecule has 3 N–H and O–H groups in total. The van der Waals surface area contributed by atoms with E-state index in [1.54, 1.807) is 6.07 Å². The maximum absolute atomic E-state index is 12.2. The van der Waals surface area contributed by atoms with Crippen LogP contribution in [0.25, 0.3) is 10.1 Å². The number of benzene rings is 1. The van der Waals surface area contributed by atoms with E-state index >= 15 is 0 Å². The van der Waals surface area contributed by atoms with E-state index in [9.17, 15) is 4.79 Å². The van der Waals surface area contributed by atoms with Crippen molar-refractivity contribution in [2.24, 2.45) is 0 Å². The Morgan fingerprint density at radius 3 is 3.00 bits per heavy atom. The van der Waals surface area contributed by atoms with Crippen LogP contribution in [0.4, 0.5) is 5.69 Å². The zero-order chi connectivity index (χ0) is 14.7. The van der Waals surface area contributed by atoms with E-state index in [1.165, 1.54) is 11.3 Å². The third-order valence-electron chi connectivity index (χ3n) is 2.85. The molecule has 0 radical (unpaired) electrons. The number of halogens is 1. The first-order valence-electron chi connectivity index (χ1n) is 6.39. The topological polar surface area (TPSA) is 64.3 Å². The highest BCUT2D eigenvalue weighted by molar-refractivity contribution is 7.21. The zero-order valence-corrected chi connectivity index (χ0v) is 13.0. The highest BCUT2D eigenvalue weighted by atomic mass is 35.5. The van der Waals surface area contributed by atoms with Gasteiger partial charge in [0.2, 0.25) is 0 Å². The van der Waals surface area contributed by atoms with E-state index < -0.39 is 0 Å². The lowest BCUT2D eigenvalue weighted by Gasteiger charge is -2.13. The van der Waals surface area contributed by atoms with Crippen molar-refractivity contribution < 1.29 is 9.53 Å². The molecule has 0 spiro atoms. The molecule has 0 aliphatic heterocycles. The summed E-state index contributed by atoms with van der Waals surface area (Å²) in [6.45, 7) is 4.93. The lowest BCUT2D eigenvalue weighted by Crippen LogP contribution is -2.35. The minimum atomic E-state index is -0.174. The van der Waals surface area contributed by atoms with Gasteiger partial charge in [-0.05, 0) is 32.0 Å². The quantitative estimate of drug-likeness (QED) is 0.890. The summed E-state index contributed by atoms with van der Waals surface area (Å²) in [6, 6.07) is 5.37. The molecule has 108 valence electrons. The van der Waals surface area contributed by atoms with Crippen LogP contribution in [0.3, 0.4) is 0 Å². The fourth-order valence-corrected chi connectivity index (χ4v) is 3.19. The van der Waals surface area contributed by atoms with E-state index in [2.05, 4.69) is 5.32 Å². The number of hydrogen-bond acceptors (Lipinski definition) is 4. The van der Waals surface area contributed by atoms with E-state index in [0.717, 1.165) is 10.1 Å². The lowest BCUT2D eigenvalue weighted by molar-refractivity contribution is 0.0876. The van der Waals surface area contributed by atoms with Crippen LogP contribution in [0.2, 0.25) is 5.02 Å². The van der Waals surface area contributed by atoms with Gasteiger partial charge < -0.3 is 15.8 Å². The Morgan fingerprint density at radius 2 is 2.30 bits per heavy atom. The van der Waals surface area contributed by atoms with Crippen molar-refractivity contribution in [3.8, 4) is 0 Å². The summed E-state index contributed by atoms with van der Waals surface area (Å²) >= 11 is 7.30. The molecule has 1 aromatic heterocycles. The van der Waals surface area contributed by atoms with Crippen molar-refractivity contribution in [3.63, 3.8) is 0 Å². The number of nitrogens with two attached hydrogens (primary N) is 1. The third kappa shape index (κ3) is 3.23. The number of rotatable bonds is 5. The van der Waals surface area contributed by atoms with Gasteiger partial charge in [0.15, 0.2) is 0 Å². The molecule has 2 aromatic rings. The molecule has 1 amide bonds. The number of ether oxygens (including phenoxy) is 1. The fraction of sp³-hybridized carbons (Fsp3) is 0.357. The SMILES string of the molecule is CCOCC(C)NC(=O)c1sc2cc(Cl)ccc2c1N. The summed E-state index contributed by atoms with van der Waals surface area (Å²) in [5.74, 6) is -0.174. The molecule has 1 heterocycles. The monoisotopic (exact) mass is 312 g/mol. The maximum atomic E-state index is 12.2. The summed E-state index contributed by atoms with van der Waals surface area (Å²) < 4.78 is 6.19. The number of carbonyl (C=O) groups excluding carboxylic acids is 1. The Morgan fingerprint density at radius 1 is 1.55 bits per heavy atom. The highest BCUT2D eigenvalue weighted by Gasteiger charge is 2.18. The van der Waals surface area contributed by atoms with Crippen LogP contribution < -0.4 is 11.1 Å². The second-order valence-corrected chi connectivity index (χ2v) is 6.01. The number of nitrogen functional groups attached to an aromatic ring is 1. The van der Waals surface area contributed by atoms with E-state index in [1.807, 2.05) is 26.0 Å². The Labute approximate surface area is 126 Å². The van der Waals surface area contributed by atoms with Gasteiger partial charge in [0, 0.05) is 27.8 Å². The van der Waals surface area contributed by atoms with Crippen molar-refractivity contribution in [1.29, 1.82) is 0 Å². The maximum Gasteiger partial charge on any atom is 0.263 e. The first-order valence-corrected chi connectivity index (χ1v) is 7.58. The molecule has 0 saturated heterocycles. The molecule has 20 heavy (non-hydrogen) atoms. The second kappa shape index (κ2) is 6.43. The second-order valence-electron chi connectivity index (χ2n) is 4.52. The van der Waals surface area contributed by atoms with Crippen LogP contribution in [-0.4, -0.2) is 25.2 Å². The first kappa shape index (κ1) is 15.1. The van der Waals surface area contributed by atoms with Gasteiger partial charge in [-0.25, -0.2) is 0 Å². The first-order chi connectivity index (χ1) is 9.52. The average molecular weight is 313 g/mol. The Kier molecular flexibility index (Phi) is 4.86. The van der Waals surface area contributed by atoms with Gasteiger partial charge in [-0.1, -0.05) is 11.6 Å². The fourth-order valence-electron chi connectivity index (χ4n) is 1.88. The molecule has 0 bridgehead atoms. The van der Waals surface area contributed by atoms with Crippen molar-refractivity contribution >= 4 is 44.6 Å². The van der Waals surface area contributed by atoms with E-state index in [0.29, 0.717) is 28.8 Å². The molecule has 1 unspecified atom stereocenters. The van der Waals surface area contributed by atoms with Crippen LogP contribution in [-0.2, 0) is 4.74 Å². The molecule has 2 rings (SSSR count). The number of nitrogens with one attached hydrogen (secondary N) is 1. The van der Waals surface area contributed by atoms with Crippen molar-refractivity contribution in [3.05, 3.63) is 28.1 Å². The normalized spacial score (nSPS) is 12.6. The number of thiophene rings is 1. The number of anilines is 1. The molecular weight excluding hydrogens is 296 g/mol. The molecule has 0 aliphatic carbocycles. The van der Waals surface area contributed by atoms with Gasteiger partial charge in [0.25, 0.3) is 5.91 Å². The Bertz CT molecular complexity index is 627. The molecule has 6 heteroatoms. The standard InChI is InChI=1S/C14H17ClN2O2S/c1-3-19-7-8(2)17-14(18)13-12(16)10-5-4-9(15)6-11(10)20-13/h4-6,8H,3,7,16H2,1-2H3,(H,17,18). The molecule has 0 saturated carbocycles. The Balaban J connectivity index is 2.20. The van der Waals surface area contributed by atoms with Gasteiger partial charge in [-0.2, -0.15) is 0 Å². The van der Waals surface area contributed by atoms with Crippen LogP contribution >= 0.6 is 22.9 Å². The number of fused-ring (bicyclic) bond motifs is 1. The third-order valence-corrected chi connectivity index (χ3v) is 4.25. The minimum Gasteiger partial charge on any atom is -0.397 e. The predicted molar refractivity (Wildman–Crippen MR) is 84.7 cm³/mol. The van der Waals surface area contributed by atoms with Crippen molar-refractivity contribution in [1.82, 2.24) is 5.32 Å². The molecule has 0 fully saturated rings. The van der Waals surface area contributed by atoms with Gasteiger partial charge in [-0.3, -0.25) is 4.79 Å². The number of carbonyl (C=O) groups is 1. The smallest absolute Gasteiger partial charge is 0.263 e. The summed E-state index contributed by atoms with van der Waals surface area (Å²) in [7, 11) is 0. The lowest BCUT2D eigenvalue weighted by atomic mass is 10.2. The van der Waals surface area contributed by atoms with Crippen molar-refractivity contribution in [2.45, 2.75) is 19.9 Å². The zero-order valence-electron chi connectivity index (χ0n) is 11.4. The van der Waals surface area contributed by atoms with Crippen LogP contribution in [0.5, 0.6) is 0 Å². The highest BCUT2D eigenvalue weighted by Crippen LogP contribution is 2.35. The average Bonchev–Trinajstić information content (AvgIpc) is 2.73. The van der Waals surface area contributed by atoms with Gasteiger partial charge >= 0.3 is 0 Å². The molecule has 0 aliphatic rings. The van der Waals surface area contributed by atoms with E-state index in [4.69, 9.17) is 22.1 Å². The molecular formula is C14H17ClN2O2S. The van der Waals surface area contributed by atoms with Gasteiger partial charge in [0.05, 0.1) is 12.3 Å². The number of hydrogen-bond donors (Lipinski definition) is 2. The van der Waals surface area contributed by atoms with Gasteiger partial charge in [-0.15, -0.1) is 11.3 Å². The summed E-state index contributed by atoms with van der Waals surface area (Å²) in [6.07, 6.45) is 0. The molecule has 4 nitrogen and oxygen atoms in total. The van der Waals surface area contributed by atoms with Crippen LogP contribution in [0.1, 0.15) is 23.5 Å². The molecule has 1 atom stereocenters. The van der Waals surface area contributed by atoms with Crippen molar-refractivity contribution in [2.75, 3.05) is 18.9 Å². The van der Waals surface area contributed by atoms with Gasteiger partial charge in [0.1, 0.15) is 4.88 Å². The van der Waals surface area contributed by atoms with Crippen LogP contribution in [0.15, 0.2) is 18.2 Å². The number of amides is 1. The summed E-state index contributed by atoms with van der Waals surface area (Å²) in [4.78, 5) is 12.7. The summed E-state index contributed by atoms with van der Waals surface area (Å²) in [5, 5.41) is 4.38. The van der Waals surface area contributed by atoms with Crippen LogP contribution in [0, 0.1) is 0 Å². The summed E-state index contributed by atoms with van der Waals surface area (Å²) in [5.41, 5.74) is 6.54. The largest absolute Gasteiger partial charge is 0.397 e. The Hall–Kier alpha value is -1.30.